The van der Waals surface area contributed by atoms with E-state index in [1.54, 1.807) is 6.92 Å². The maximum Gasteiger partial charge on any atom is 0.133 e. The second kappa shape index (κ2) is 5.92. The number of hydrogen-bond acceptors (Lipinski definition) is 2. The topological polar surface area (TPSA) is 34.1 Å². The lowest BCUT2D eigenvalue weighted by Crippen LogP contribution is -2.54. The lowest BCUT2D eigenvalue weighted by Gasteiger charge is -2.60. The van der Waals surface area contributed by atoms with Gasteiger partial charge in [0.15, 0.2) is 0 Å². The Kier molecular flexibility index (Phi) is 4.20. The van der Waals surface area contributed by atoms with E-state index in [0.717, 1.165) is 37.0 Å². The number of ketones is 2. The average molecular weight is 345 g/mol. The summed E-state index contributed by atoms with van der Waals surface area (Å²) in [5, 5.41) is 0. The van der Waals surface area contributed by atoms with E-state index in [-0.39, 0.29) is 5.92 Å². The quantitative estimate of drug-likeness (QED) is 0.668. The van der Waals surface area contributed by atoms with Crippen molar-refractivity contribution < 1.29 is 9.59 Å². The van der Waals surface area contributed by atoms with Crippen LogP contribution < -0.4 is 0 Å². The van der Waals surface area contributed by atoms with Gasteiger partial charge in [-0.2, -0.15) is 0 Å². The summed E-state index contributed by atoms with van der Waals surface area (Å²) in [6.45, 7) is 9.01. The van der Waals surface area contributed by atoms with Crippen LogP contribution in [0.2, 0.25) is 0 Å². The maximum atomic E-state index is 12.1. The lowest BCUT2D eigenvalue weighted by atomic mass is 9.44. The summed E-state index contributed by atoms with van der Waals surface area (Å²) in [6, 6.07) is 0. The van der Waals surface area contributed by atoms with Gasteiger partial charge in [-0.15, -0.1) is 0 Å². The number of rotatable bonds is 2. The van der Waals surface area contributed by atoms with Crippen LogP contribution in [0.1, 0.15) is 85.5 Å². The minimum Gasteiger partial charge on any atom is -0.300 e. The van der Waals surface area contributed by atoms with Crippen molar-refractivity contribution in [2.45, 2.75) is 85.5 Å². The summed E-state index contributed by atoms with van der Waals surface area (Å²) >= 11 is 0. The van der Waals surface area contributed by atoms with Crippen LogP contribution in [0.25, 0.3) is 0 Å². The third kappa shape index (κ3) is 2.49. The number of fused-ring (bicyclic) bond motifs is 5. The molecule has 0 saturated heterocycles. The summed E-state index contributed by atoms with van der Waals surface area (Å²) in [5.74, 6) is 4.84. The van der Waals surface area contributed by atoms with Gasteiger partial charge in [-0.3, -0.25) is 9.59 Å². The molecule has 0 spiro atoms. The molecule has 0 N–H and O–H groups in total. The monoisotopic (exact) mass is 344 g/mol. The predicted octanol–water partition coefficient (Wildman–Crippen LogP) is 5.44. The number of carbonyl (C=O) groups is 2. The molecular formula is C23H36O2. The van der Waals surface area contributed by atoms with E-state index in [2.05, 4.69) is 20.8 Å². The highest BCUT2D eigenvalue weighted by Crippen LogP contribution is 2.68. The van der Waals surface area contributed by atoms with Crippen molar-refractivity contribution in [3.63, 3.8) is 0 Å². The smallest absolute Gasteiger partial charge is 0.133 e. The van der Waals surface area contributed by atoms with E-state index in [9.17, 15) is 9.59 Å². The fraction of sp³-hybridized carbons (Fsp3) is 0.913. The molecule has 2 nitrogen and oxygen atoms in total. The van der Waals surface area contributed by atoms with Gasteiger partial charge in [0.1, 0.15) is 11.6 Å². The zero-order chi connectivity index (χ0) is 18.0. The van der Waals surface area contributed by atoms with Gasteiger partial charge >= 0.3 is 0 Å². The first kappa shape index (κ1) is 17.7. The van der Waals surface area contributed by atoms with E-state index in [1.165, 1.54) is 38.5 Å². The van der Waals surface area contributed by atoms with Crippen LogP contribution in [0.3, 0.4) is 0 Å². The molecule has 0 radical (unpaired) electrons. The normalized spacial score (nSPS) is 50.6. The zero-order valence-electron chi connectivity index (χ0n) is 16.6. The van der Waals surface area contributed by atoms with Gasteiger partial charge < -0.3 is 0 Å². The van der Waals surface area contributed by atoms with Crippen molar-refractivity contribution >= 4 is 11.6 Å². The molecule has 4 fully saturated rings. The van der Waals surface area contributed by atoms with E-state index < -0.39 is 0 Å². The van der Waals surface area contributed by atoms with Crippen molar-refractivity contribution in [1.29, 1.82) is 0 Å². The molecule has 4 aliphatic rings. The van der Waals surface area contributed by atoms with Crippen LogP contribution in [-0.4, -0.2) is 11.6 Å². The summed E-state index contributed by atoms with van der Waals surface area (Å²) in [7, 11) is 0. The fourth-order valence-corrected chi connectivity index (χ4v) is 8.19. The van der Waals surface area contributed by atoms with E-state index >= 15 is 0 Å². The predicted molar refractivity (Wildman–Crippen MR) is 100 cm³/mol. The molecule has 0 unspecified atom stereocenters. The second-order valence-electron chi connectivity index (χ2n) is 10.5. The standard InChI is InChI=1S/C23H36O2/c1-14(15(2)24)19-7-8-20-18-6-5-16-13-17(25)9-11-22(16,3)21(18)10-12-23(19,20)4/h14,16,18-21H,5-13H2,1-4H3/t14-,16-,18+,19-,20+,21+,22+,23-/m1/s1. The molecule has 0 aromatic carbocycles. The molecule has 0 bridgehead atoms. The van der Waals surface area contributed by atoms with Crippen molar-refractivity contribution in [3.8, 4) is 0 Å². The Labute approximate surface area is 153 Å². The second-order valence-corrected chi connectivity index (χ2v) is 10.5. The van der Waals surface area contributed by atoms with Gasteiger partial charge in [-0.1, -0.05) is 20.8 Å². The highest BCUT2D eigenvalue weighted by Gasteiger charge is 2.60. The third-order valence-electron chi connectivity index (χ3n) is 9.80. The summed E-state index contributed by atoms with van der Waals surface area (Å²) < 4.78 is 0. The number of hydrogen-bond donors (Lipinski definition) is 0. The average Bonchev–Trinajstić information content (AvgIpc) is 2.92. The van der Waals surface area contributed by atoms with Crippen LogP contribution in [0, 0.1) is 46.3 Å². The molecular weight excluding hydrogens is 308 g/mol. The molecule has 0 amide bonds. The first-order chi connectivity index (χ1) is 11.8. The Morgan fingerprint density at radius 3 is 2.44 bits per heavy atom. The molecule has 4 saturated carbocycles. The van der Waals surface area contributed by atoms with Crippen LogP contribution in [0.15, 0.2) is 0 Å². The van der Waals surface area contributed by atoms with Gasteiger partial charge in [-0.05, 0) is 92.3 Å². The zero-order valence-corrected chi connectivity index (χ0v) is 16.6. The van der Waals surface area contributed by atoms with Crippen molar-refractivity contribution in [2.75, 3.05) is 0 Å². The first-order valence-electron chi connectivity index (χ1n) is 10.8. The van der Waals surface area contributed by atoms with Crippen molar-refractivity contribution in [2.24, 2.45) is 46.3 Å². The summed E-state index contributed by atoms with van der Waals surface area (Å²) in [6.07, 6.45) is 10.6. The molecule has 0 aromatic heterocycles. The van der Waals surface area contributed by atoms with E-state index in [0.29, 0.717) is 34.2 Å². The minimum atomic E-state index is 0.228. The fourth-order valence-electron chi connectivity index (χ4n) is 8.19. The molecule has 4 aliphatic carbocycles. The number of carbonyl (C=O) groups excluding carboxylic acids is 2. The minimum absolute atomic E-state index is 0.228. The van der Waals surface area contributed by atoms with Gasteiger partial charge in [0.25, 0.3) is 0 Å². The van der Waals surface area contributed by atoms with Crippen LogP contribution in [-0.2, 0) is 9.59 Å². The van der Waals surface area contributed by atoms with Crippen LogP contribution in [0.4, 0.5) is 0 Å². The van der Waals surface area contributed by atoms with Gasteiger partial charge in [0.05, 0.1) is 0 Å². The van der Waals surface area contributed by atoms with E-state index in [4.69, 9.17) is 0 Å². The Hall–Kier alpha value is -0.660. The Balaban J connectivity index is 1.60. The van der Waals surface area contributed by atoms with Gasteiger partial charge in [0.2, 0.25) is 0 Å². The van der Waals surface area contributed by atoms with Gasteiger partial charge in [0, 0.05) is 18.8 Å². The van der Waals surface area contributed by atoms with Crippen molar-refractivity contribution in [1.82, 2.24) is 0 Å². The molecule has 0 aromatic rings. The van der Waals surface area contributed by atoms with Crippen LogP contribution in [0.5, 0.6) is 0 Å². The Bertz CT molecular complexity index is 581. The van der Waals surface area contributed by atoms with Crippen LogP contribution >= 0.6 is 0 Å². The summed E-state index contributed by atoms with van der Waals surface area (Å²) in [5.41, 5.74) is 0.780. The molecule has 0 heterocycles. The maximum absolute atomic E-state index is 12.1. The first-order valence-corrected chi connectivity index (χ1v) is 10.8. The molecule has 8 atom stereocenters. The Morgan fingerprint density at radius 2 is 1.72 bits per heavy atom. The molecule has 140 valence electrons. The SMILES string of the molecule is CC(=O)[C@@H](C)[C@H]1CC[C@H]2[C@@H]3CC[C@@H]4CC(=O)CC[C@]4(C)[C@H]3CC[C@]12C. The number of Topliss-reactive ketones (excluding diaryl/α,β-unsaturated/α-hetero) is 2. The molecule has 25 heavy (non-hydrogen) atoms. The highest BCUT2D eigenvalue weighted by molar-refractivity contribution is 5.79. The van der Waals surface area contributed by atoms with E-state index in [1.807, 2.05) is 0 Å². The Morgan fingerprint density at radius 1 is 1.00 bits per heavy atom. The largest absolute Gasteiger partial charge is 0.300 e. The van der Waals surface area contributed by atoms with Gasteiger partial charge in [-0.25, -0.2) is 0 Å². The molecule has 0 aliphatic heterocycles. The highest BCUT2D eigenvalue weighted by atomic mass is 16.1. The third-order valence-corrected chi connectivity index (χ3v) is 9.80. The lowest BCUT2D eigenvalue weighted by molar-refractivity contribution is -0.141. The summed E-state index contributed by atoms with van der Waals surface area (Å²) in [4.78, 5) is 24.1. The molecule has 2 heteroatoms. The molecule has 4 rings (SSSR count). The van der Waals surface area contributed by atoms with Crippen molar-refractivity contribution in [3.05, 3.63) is 0 Å².